The predicted octanol–water partition coefficient (Wildman–Crippen LogP) is -0.0732. The lowest BCUT2D eigenvalue weighted by molar-refractivity contribution is 0.227. The number of nitrogens with zero attached hydrogens (tertiary/aromatic N) is 2. The fraction of sp³-hybridized carbons (Fsp3) is 0. The molecule has 0 spiro atoms. The van der Waals surface area contributed by atoms with Crippen molar-refractivity contribution in [2.45, 2.75) is 0 Å². The van der Waals surface area contributed by atoms with Crippen LogP contribution in [0.25, 0.3) is 0 Å². The fourth-order valence-electron chi connectivity index (χ4n) is 0.305. The molecule has 0 heterocycles. The number of imide groups is 2. The van der Waals surface area contributed by atoms with Crippen LogP contribution < -0.4 is 10.6 Å². The van der Waals surface area contributed by atoms with E-state index in [2.05, 4.69) is 23.4 Å². The molecule has 64 valence electrons. The maximum absolute atomic E-state index is 10.5. The Bertz CT molecular complexity index is 223. The number of rotatable bonds is 0. The first-order chi connectivity index (χ1) is 5.60. The van der Waals surface area contributed by atoms with Crippen LogP contribution in [0, 0.1) is 0 Å². The third kappa shape index (κ3) is 3.88. The van der Waals surface area contributed by atoms with Crippen LogP contribution in [0.15, 0.2) is 9.98 Å². The Morgan fingerprint density at radius 2 is 1.25 bits per heavy atom. The third-order valence-electron chi connectivity index (χ3n) is 0.728. The van der Waals surface area contributed by atoms with Crippen LogP contribution in [0.3, 0.4) is 0 Å². The molecule has 0 aliphatic carbocycles. The third-order valence-corrected chi connectivity index (χ3v) is 0.728. The van der Waals surface area contributed by atoms with E-state index in [1.54, 1.807) is 10.6 Å². The van der Waals surface area contributed by atoms with E-state index in [1.165, 1.54) is 0 Å². The molecular formula is C5H6N4O3. The molecule has 0 saturated heterocycles. The lowest BCUT2D eigenvalue weighted by Crippen LogP contribution is -2.40. The molecule has 0 atom stereocenters. The number of hydrogen-bond acceptors (Lipinski definition) is 3. The maximum Gasteiger partial charge on any atom is 0.348 e. The van der Waals surface area contributed by atoms with Crippen LogP contribution in [0.4, 0.5) is 14.4 Å². The minimum absolute atomic E-state index is 0.954. The second-order valence-electron chi connectivity index (χ2n) is 1.51. The van der Waals surface area contributed by atoms with Gasteiger partial charge in [-0.3, -0.25) is 10.6 Å². The molecular weight excluding hydrogens is 164 g/mol. The quantitative estimate of drug-likeness (QED) is 0.497. The van der Waals surface area contributed by atoms with Crippen LogP contribution in [-0.4, -0.2) is 31.5 Å². The normalized spacial score (nSPS) is 8.00. The summed E-state index contributed by atoms with van der Waals surface area (Å²) in [7, 11) is 0. The highest BCUT2D eigenvalue weighted by atomic mass is 16.2. The lowest BCUT2D eigenvalue weighted by atomic mass is 10.8. The SMILES string of the molecule is C=NC(=O)NC(=O)NC(=O)N=C. The van der Waals surface area contributed by atoms with Gasteiger partial charge in [0.25, 0.3) is 0 Å². The predicted molar refractivity (Wildman–Crippen MR) is 41.6 cm³/mol. The maximum atomic E-state index is 10.5. The van der Waals surface area contributed by atoms with E-state index in [4.69, 9.17) is 0 Å². The average molecular weight is 170 g/mol. The Kier molecular flexibility index (Phi) is 3.91. The van der Waals surface area contributed by atoms with Gasteiger partial charge in [-0.1, -0.05) is 0 Å². The summed E-state index contributed by atoms with van der Waals surface area (Å²) in [4.78, 5) is 36.9. The minimum Gasteiger partial charge on any atom is -0.257 e. The van der Waals surface area contributed by atoms with Crippen LogP contribution in [-0.2, 0) is 0 Å². The second kappa shape index (κ2) is 4.72. The van der Waals surface area contributed by atoms with Crippen molar-refractivity contribution in [2.75, 3.05) is 0 Å². The summed E-state index contributed by atoms with van der Waals surface area (Å²) in [6.45, 7) is 5.70. The van der Waals surface area contributed by atoms with Crippen molar-refractivity contribution in [3.05, 3.63) is 0 Å². The summed E-state index contributed by atoms with van der Waals surface area (Å²) in [6, 6.07) is -2.93. The first kappa shape index (κ1) is 9.95. The molecule has 0 aliphatic rings. The van der Waals surface area contributed by atoms with E-state index in [-0.39, 0.29) is 0 Å². The summed E-state index contributed by atoms with van der Waals surface area (Å²) < 4.78 is 0. The zero-order valence-corrected chi connectivity index (χ0v) is 6.03. The van der Waals surface area contributed by atoms with E-state index in [0.717, 1.165) is 0 Å². The van der Waals surface area contributed by atoms with Gasteiger partial charge in [0.05, 0.1) is 0 Å². The molecule has 7 heteroatoms. The number of urea groups is 3. The fourth-order valence-corrected chi connectivity index (χ4v) is 0.305. The van der Waals surface area contributed by atoms with Gasteiger partial charge in [0.2, 0.25) is 0 Å². The summed E-state index contributed by atoms with van der Waals surface area (Å²) in [6.07, 6.45) is 0. The molecule has 0 aliphatic heterocycles. The molecule has 0 unspecified atom stereocenters. The Labute approximate surface area is 67.6 Å². The Morgan fingerprint density at radius 3 is 1.50 bits per heavy atom. The number of carbonyl (C=O) groups excluding carboxylic acids is 3. The molecule has 2 N–H and O–H groups in total. The first-order valence-corrected chi connectivity index (χ1v) is 2.69. The van der Waals surface area contributed by atoms with Gasteiger partial charge in [-0.25, -0.2) is 24.4 Å². The largest absolute Gasteiger partial charge is 0.348 e. The highest BCUT2D eigenvalue weighted by molar-refractivity contribution is 6.02. The van der Waals surface area contributed by atoms with Crippen molar-refractivity contribution in [3.63, 3.8) is 0 Å². The molecule has 0 aromatic heterocycles. The molecule has 6 amide bonds. The number of nitrogens with one attached hydrogen (secondary N) is 2. The van der Waals surface area contributed by atoms with Crippen molar-refractivity contribution in [2.24, 2.45) is 9.98 Å². The molecule has 0 aromatic carbocycles. The van der Waals surface area contributed by atoms with Crippen LogP contribution in [0.2, 0.25) is 0 Å². The Morgan fingerprint density at radius 1 is 0.917 bits per heavy atom. The van der Waals surface area contributed by atoms with Gasteiger partial charge in [-0.2, -0.15) is 0 Å². The van der Waals surface area contributed by atoms with Crippen molar-refractivity contribution >= 4 is 31.5 Å². The smallest absolute Gasteiger partial charge is 0.257 e. The molecule has 0 radical (unpaired) electrons. The van der Waals surface area contributed by atoms with Gasteiger partial charge < -0.3 is 0 Å². The molecule has 0 fully saturated rings. The Balaban J connectivity index is 3.89. The molecule has 0 aromatic rings. The first-order valence-electron chi connectivity index (χ1n) is 2.69. The van der Waals surface area contributed by atoms with E-state index >= 15 is 0 Å². The topological polar surface area (TPSA) is 100.0 Å². The monoisotopic (exact) mass is 170 g/mol. The number of amides is 6. The van der Waals surface area contributed by atoms with Crippen molar-refractivity contribution in [1.29, 1.82) is 0 Å². The molecule has 0 saturated carbocycles. The van der Waals surface area contributed by atoms with E-state index in [0.29, 0.717) is 0 Å². The van der Waals surface area contributed by atoms with Gasteiger partial charge >= 0.3 is 18.1 Å². The second-order valence-corrected chi connectivity index (χ2v) is 1.51. The molecule has 7 nitrogen and oxygen atoms in total. The zero-order chi connectivity index (χ0) is 9.56. The highest BCUT2D eigenvalue weighted by Crippen LogP contribution is 1.74. The summed E-state index contributed by atoms with van der Waals surface area (Å²) in [5.74, 6) is 0. The summed E-state index contributed by atoms with van der Waals surface area (Å²) in [5, 5.41) is 3.34. The van der Waals surface area contributed by atoms with Gasteiger partial charge in [0, 0.05) is 0 Å². The number of hydrogen-bond donors (Lipinski definition) is 2. The van der Waals surface area contributed by atoms with Gasteiger partial charge in [0.15, 0.2) is 0 Å². The number of carbonyl (C=O) groups is 3. The zero-order valence-electron chi connectivity index (χ0n) is 6.03. The highest BCUT2D eigenvalue weighted by Gasteiger charge is 2.07. The van der Waals surface area contributed by atoms with E-state index in [9.17, 15) is 14.4 Å². The van der Waals surface area contributed by atoms with Crippen LogP contribution >= 0.6 is 0 Å². The molecule has 12 heavy (non-hydrogen) atoms. The van der Waals surface area contributed by atoms with Crippen molar-refractivity contribution < 1.29 is 14.4 Å². The van der Waals surface area contributed by atoms with Crippen molar-refractivity contribution in [3.8, 4) is 0 Å². The van der Waals surface area contributed by atoms with Crippen LogP contribution in [0.5, 0.6) is 0 Å². The van der Waals surface area contributed by atoms with E-state index < -0.39 is 18.1 Å². The standard InChI is InChI=1S/C5H6N4O3/c1-6-3(10)8-5(12)9-4(11)7-2/h1-2H2,(H2,8,9,10,11,12). The lowest BCUT2D eigenvalue weighted by Gasteiger charge is -1.97. The van der Waals surface area contributed by atoms with Gasteiger partial charge in [-0.15, -0.1) is 0 Å². The summed E-state index contributed by atoms with van der Waals surface area (Å²) in [5.41, 5.74) is 0. The van der Waals surface area contributed by atoms with Gasteiger partial charge in [0.1, 0.15) is 0 Å². The summed E-state index contributed by atoms with van der Waals surface area (Å²) >= 11 is 0. The van der Waals surface area contributed by atoms with E-state index in [1.807, 2.05) is 0 Å². The molecule has 0 rings (SSSR count). The molecule has 0 bridgehead atoms. The minimum atomic E-state index is -1.02. The average Bonchev–Trinajstić information content (AvgIpc) is 2.03. The van der Waals surface area contributed by atoms with Gasteiger partial charge in [-0.05, 0) is 13.4 Å². The number of aliphatic imine (C=N–C) groups is 2. The Hall–Kier alpha value is -2.05. The van der Waals surface area contributed by atoms with Crippen molar-refractivity contribution in [1.82, 2.24) is 10.6 Å². The van der Waals surface area contributed by atoms with Crippen LogP contribution in [0.1, 0.15) is 0 Å².